The first-order chi connectivity index (χ1) is 17.9. The molecule has 2 unspecified atom stereocenters. The fourth-order valence-electron chi connectivity index (χ4n) is 5.44. The minimum atomic E-state index is -0.599. The number of nitrogens with zero attached hydrogens (tertiary/aromatic N) is 6. The van der Waals surface area contributed by atoms with E-state index in [1.54, 1.807) is 11.9 Å². The molecule has 2 saturated heterocycles. The maximum absolute atomic E-state index is 13.8. The van der Waals surface area contributed by atoms with Gasteiger partial charge in [-0.05, 0) is 37.1 Å². The van der Waals surface area contributed by atoms with Crippen molar-refractivity contribution in [2.45, 2.75) is 26.1 Å². The predicted octanol–water partition coefficient (Wildman–Crippen LogP) is 2.71. The topological polar surface area (TPSA) is 71.9 Å². The van der Waals surface area contributed by atoms with Gasteiger partial charge >= 0.3 is 6.03 Å². The second-order valence-electron chi connectivity index (χ2n) is 10.0. The molecule has 0 N–H and O–H groups in total. The molecule has 0 aromatic heterocycles. The van der Waals surface area contributed by atoms with E-state index in [-0.39, 0.29) is 11.9 Å². The summed E-state index contributed by atoms with van der Waals surface area (Å²) in [5, 5.41) is 0. The summed E-state index contributed by atoms with van der Waals surface area (Å²) in [6, 6.07) is 15.6. The third-order valence-electron chi connectivity index (χ3n) is 7.77. The Morgan fingerprint density at radius 1 is 0.973 bits per heavy atom. The number of urea groups is 1. The highest BCUT2D eigenvalue weighted by molar-refractivity contribution is 6.16. The van der Waals surface area contributed by atoms with Gasteiger partial charge in [0.05, 0.1) is 18.9 Å². The van der Waals surface area contributed by atoms with Crippen LogP contribution in [0.5, 0.6) is 0 Å². The zero-order valence-electron chi connectivity index (χ0n) is 21.5. The second-order valence-corrected chi connectivity index (χ2v) is 10.0. The summed E-state index contributed by atoms with van der Waals surface area (Å²) in [4.78, 5) is 41.4. The van der Waals surface area contributed by atoms with Crippen molar-refractivity contribution in [1.82, 2.24) is 19.6 Å². The molecule has 9 heteroatoms. The van der Waals surface area contributed by atoms with Gasteiger partial charge in [-0.15, -0.1) is 0 Å². The van der Waals surface area contributed by atoms with Crippen molar-refractivity contribution >= 4 is 29.3 Å². The van der Waals surface area contributed by atoms with Crippen LogP contribution in [-0.4, -0.2) is 96.1 Å². The van der Waals surface area contributed by atoms with Crippen LogP contribution in [0.3, 0.4) is 0 Å². The minimum absolute atomic E-state index is 0.203. The number of carbonyl (C=O) groups excluding carboxylic acids is 2. The van der Waals surface area contributed by atoms with Crippen LogP contribution in [0.1, 0.15) is 16.7 Å². The van der Waals surface area contributed by atoms with Gasteiger partial charge < -0.3 is 9.64 Å². The van der Waals surface area contributed by atoms with E-state index in [9.17, 15) is 9.59 Å². The lowest BCUT2D eigenvalue weighted by molar-refractivity contribution is -0.136. The average molecular weight is 501 g/mol. The number of aliphatic imine (C=N–C) groups is 1. The Morgan fingerprint density at radius 3 is 2.46 bits per heavy atom. The van der Waals surface area contributed by atoms with E-state index >= 15 is 0 Å². The summed E-state index contributed by atoms with van der Waals surface area (Å²) >= 11 is 0. The second kappa shape index (κ2) is 9.32. The molecule has 2 atom stereocenters. The maximum Gasteiger partial charge on any atom is 0.328 e. The smallest absolute Gasteiger partial charge is 0.328 e. The van der Waals surface area contributed by atoms with Crippen molar-refractivity contribution in [3.8, 4) is 0 Å². The van der Waals surface area contributed by atoms with Gasteiger partial charge in [-0.2, -0.15) is 0 Å². The first kappa shape index (κ1) is 23.7. The first-order valence-electron chi connectivity index (χ1n) is 12.8. The van der Waals surface area contributed by atoms with E-state index in [1.807, 2.05) is 29.3 Å². The lowest BCUT2D eigenvalue weighted by atomic mass is 10.1. The predicted molar refractivity (Wildman–Crippen MR) is 142 cm³/mol. The summed E-state index contributed by atoms with van der Waals surface area (Å²) in [7, 11) is 1.74. The molecule has 6 rings (SSSR count). The molecule has 0 radical (unpaired) electrons. The third-order valence-corrected chi connectivity index (χ3v) is 7.77. The molecule has 192 valence electrons. The molecule has 0 spiro atoms. The Kier molecular flexibility index (Phi) is 5.97. The summed E-state index contributed by atoms with van der Waals surface area (Å²) in [6.45, 7) is 8.16. The summed E-state index contributed by atoms with van der Waals surface area (Å²) in [5.74, 6) is 0.464. The Balaban J connectivity index is 1.35. The number of aryl methyl sites for hydroxylation is 2. The number of rotatable bonds is 5. The van der Waals surface area contributed by atoms with Crippen molar-refractivity contribution in [2.75, 3.05) is 51.3 Å². The number of imide groups is 1. The van der Waals surface area contributed by atoms with Crippen molar-refractivity contribution in [1.29, 1.82) is 0 Å². The highest BCUT2D eigenvalue weighted by Crippen LogP contribution is 2.40. The lowest BCUT2D eigenvalue weighted by Crippen LogP contribution is -2.65. The van der Waals surface area contributed by atoms with E-state index in [1.165, 1.54) is 16.0 Å². The average Bonchev–Trinajstić information content (AvgIpc) is 3.47. The van der Waals surface area contributed by atoms with Crippen molar-refractivity contribution in [2.24, 2.45) is 4.99 Å². The quantitative estimate of drug-likeness (QED) is 0.629. The standard InChI is InChI=1S/C28H32N6O3/c1-19-9-10-22(17-20(19)2)34-23(21-7-5-4-6-8-21)18-33-24-25(29-27(33)34)30(3)28(36)32(26(24)35)12-11-31-13-15-37-16-14-31/h4-10,17-18,24-25H,11-16H2,1-3H3. The molecule has 0 aliphatic carbocycles. The van der Waals surface area contributed by atoms with Crippen LogP contribution in [0, 0.1) is 13.8 Å². The van der Waals surface area contributed by atoms with E-state index in [4.69, 9.17) is 9.73 Å². The van der Waals surface area contributed by atoms with Crippen LogP contribution >= 0.6 is 0 Å². The van der Waals surface area contributed by atoms with E-state index in [2.05, 4.69) is 54.0 Å². The van der Waals surface area contributed by atoms with Crippen molar-refractivity contribution in [3.05, 3.63) is 71.4 Å². The van der Waals surface area contributed by atoms with E-state index in [0.29, 0.717) is 32.3 Å². The number of ether oxygens (including phenoxy) is 1. The number of amides is 3. The molecular weight excluding hydrogens is 468 g/mol. The van der Waals surface area contributed by atoms with Gasteiger partial charge in [-0.1, -0.05) is 36.4 Å². The van der Waals surface area contributed by atoms with Crippen LogP contribution in [0.4, 0.5) is 10.5 Å². The Hall–Kier alpha value is -3.69. The number of morpholine rings is 1. The number of hydrogen-bond acceptors (Lipinski definition) is 7. The Bertz CT molecular complexity index is 1290. The van der Waals surface area contributed by atoms with Crippen LogP contribution in [0.2, 0.25) is 0 Å². The Morgan fingerprint density at radius 2 is 1.73 bits per heavy atom. The summed E-state index contributed by atoms with van der Waals surface area (Å²) < 4.78 is 5.43. The highest BCUT2D eigenvalue weighted by atomic mass is 16.5. The van der Waals surface area contributed by atoms with Crippen molar-refractivity contribution < 1.29 is 14.3 Å². The fourth-order valence-corrected chi connectivity index (χ4v) is 5.44. The lowest BCUT2D eigenvalue weighted by Gasteiger charge is -2.40. The summed E-state index contributed by atoms with van der Waals surface area (Å²) in [6.07, 6.45) is 1.44. The van der Waals surface area contributed by atoms with Crippen LogP contribution < -0.4 is 4.90 Å². The maximum atomic E-state index is 13.8. The number of benzene rings is 2. The number of carbonyl (C=O) groups is 2. The highest BCUT2D eigenvalue weighted by Gasteiger charge is 2.54. The monoisotopic (exact) mass is 500 g/mol. The third kappa shape index (κ3) is 3.98. The molecule has 2 aromatic carbocycles. The molecule has 0 bridgehead atoms. The van der Waals surface area contributed by atoms with Gasteiger partial charge in [0.15, 0.2) is 12.2 Å². The molecule has 3 amide bonds. The van der Waals surface area contributed by atoms with Gasteiger partial charge in [0, 0.05) is 50.7 Å². The van der Waals surface area contributed by atoms with Gasteiger partial charge in [-0.3, -0.25) is 24.4 Å². The molecule has 0 saturated carbocycles. The number of guanidine groups is 1. The zero-order chi connectivity index (χ0) is 25.7. The normalized spacial score (nSPS) is 23.9. The molecule has 4 aliphatic rings. The number of hydrogen-bond donors (Lipinski definition) is 0. The SMILES string of the molecule is Cc1ccc(N2C(c3ccccc3)=CN3C2=NC2C3C(=O)N(CCN3CCOCC3)C(=O)N2C)cc1C. The molecule has 2 aromatic rings. The van der Waals surface area contributed by atoms with Gasteiger partial charge in [-0.25, -0.2) is 9.79 Å². The van der Waals surface area contributed by atoms with Crippen LogP contribution in [0.25, 0.3) is 5.70 Å². The first-order valence-corrected chi connectivity index (χ1v) is 12.8. The minimum Gasteiger partial charge on any atom is -0.379 e. The summed E-state index contributed by atoms with van der Waals surface area (Å²) in [5.41, 5.74) is 5.35. The molecule has 9 nitrogen and oxygen atoms in total. The van der Waals surface area contributed by atoms with Crippen molar-refractivity contribution in [3.63, 3.8) is 0 Å². The van der Waals surface area contributed by atoms with Crippen LogP contribution in [0.15, 0.2) is 59.7 Å². The Labute approximate surface area is 217 Å². The van der Waals surface area contributed by atoms with Gasteiger partial charge in [0.2, 0.25) is 5.96 Å². The van der Waals surface area contributed by atoms with Gasteiger partial charge in [0.1, 0.15) is 0 Å². The molecular formula is C28H32N6O3. The van der Waals surface area contributed by atoms with E-state index < -0.39 is 12.2 Å². The van der Waals surface area contributed by atoms with Gasteiger partial charge in [0.25, 0.3) is 5.91 Å². The molecule has 4 heterocycles. The van der Waals surface area contributed by atoms with E-state index in [0.717, 1.165) is 30.0 Å². The molecule has 37 heavy (non-hydrogen) atoms. The number of likely N-dealkylation sites (N-methyl/N-ethyl adjacent to an activating group) is 1. The number of fused-ring (bicyclic) bond motifs is 3. The zero-order valence-corrected chi connectivity index (χ0v) is 21.5. The molecule has 2 fully saturated rings. The number of anilines is 1. The fraction of sp³-hybridized carbons (Fsp3) is 0.393. The largest absolute Gasteiger partial charge is 0.379 e. The molecule has 4 aliphatic heterocycles. The van der Waals surface area contributed by atoms with Crippen LogP contribution in [-0.2, 0) is 9.53 Å².